The summed E-state index contributed by atoms with van der Waals surface area (Å²) in [6, 6.07) is 0. The number of hydrogen-bond donors (Lipinski definition) is 0. The first-order valence-electron chi connectivity index (χ1n) is 2.82. The summed E-state index contributed by atoms with van der Waals surface area (Å²) in [5.74, 6) is -0.599. The van der Waals surface area contributed by atoms with Gasteiger partial charge in [0.1, 0.15) is 12.2 Å². The van der Waals surface area contributed by atoms with Crippen molar-refractivity contribution in [2.45, 2.75) is 20.3 Å². The van der Waals surface area contributed by atoms with Gasteiger partial charge in [-0.15, -0.1) is 0 Å². The Morgan fingerprint density at radius 2 is 2.00 bits per heavy atom. The van der Waals surface area contributed by atoms with E-state index in [9.17, 15) is 9.59 Å². The van der Waals surface area contributed by atoms with Gasteiger partial charge in [-0.05, 0) is 13.8 Å². The van der Waals surface area contributed by atoms with E-state index in [1.807, 2.05) is 0 Å². The number of Topliss-reactive ketones (excluding diaryl/α,β-unsaturated/α-hetero) is 1. The zero-order valence-electron chi connectivity index (χ0n) is 7.64. The third-order valence-electron chi connectivity index (χ3n) is 0.699. The van der Waals surface area contributed by atoms with Crippen LogP contribution < -0.4 is 51.4 Å². The summed E-state index contributed by atoms with van der Waals surface area (Å²) in [6.07, 6.45) is -0.103. The van der Waals surface area contributed by atoms with Crippen LogP contribution in [0.5, 0.6) is 0 Å². The third-order valence-corrected chi connectivity index (χ3v) is 0.699. The largest absolute Gasteiger partial charge is 1.00 e. The Labute approximate surface area is 104 Å². The first-order valence-corrected chi connectivity index (χ1v) is 2.82. The van der Waals surface area contributed by atoms with Gasteiger partial charge in [0.05, 0.1) is 6.61 Å². The molecular weight excluding hydrogens is 159 g/mol. The Bertz CT molecular complexity index is 127. The van der Waals surface area contributed by atoms with Gasteiger partial charge < -0.3 is 6.16 Å². The number of ether oxygens (including phenoxy) is 1. The van der Waals surface area contributed by atoms with Gasteiger partial charge in [-0.3, -0.25) is 9.59 Å². The van der Waals surface area contributed by atoms with Crippen molar-refractivity contribution >= 4 is 11.8 Å². The van der Waals surface area contributed by atoms with Gasteiger partial charge in [0.2, 0.25) is 0 Å². The molecule has 0 fully saturated rings. The predicted octanol–water partition coefficient (Wildman–Crippen LogP) is -2.35. The fourth-order valence-corrected chi connectivity index (χ4v) is 0.415. The SMILES string of the molecule is CCOC(=O)CC(C)=O.[H-].[K+]. The first-order chi connectivity index (χ1) is 4.16. The van der Waals surface area contributed by atoms with Crippen LogP contribution in [-0.2, 0) is 14.3 Å². The number of carbonyl (C=O) groups excluding carboxylic acids is 2. The molecule has 54 valence electrons. The smallest absolute Gasteiger partial charge is 1.00 e. The molecule has 10 heavy (non-hydrogen) atoms. The van der Waals surface area contributed by atoms with Crippen LogP contribution >= 0.6 is 0 Å². The summed E-state index contributed by atoms with van der Waals surface area (Å²) in [6.45, 7) is 3.40. The zero-order valence-corrected chi connectivity index (χ0v) is 9.76. The molecule has 0 bridgehead atoms. The van der Waals surface area contributed by atoms with Crippen molar-refractivity contribution in [3.05, 3.63) is 0 Å². The molecule has 4 heteroatoms. The van der Waals surface area contributed by atoms with Gasteiger partial charge >= 0.3 is 57.4 Å². The maximum absolute atomic E-state index is 10.4. The summed E-state index contributed by atoms with van der Waals surface area (Å²) in [7, 11) is 0. The van der Waals surface area contributed by atoms with Crippen LogP contribution in [0, 0.1) is 0 Å². The van der Waals surface area contributed by atoms with Crippen LogP contribution in [0.15, 0.2) is 0 Å². The number of rotatable bonds is 3. The molecule has 0 aliphatic rings. The molecule has 0 aromatic carbocycles. The molecule has 0 aromatic rings. The van der Waals surface area contributed by atoms with Crippen molar-refractivity contribution in [1.29, 1.82) is 0 Å². The topological polar surface area (TPSA) is 43.4 Å². The summed E-state index contributed by atoms with van der Waals surface area (Å²) in [5, 5.41) is 0. The Morgan fingerprint density at radius 3 is 2.30 bits per heavy atom. The summed E-state index contributed by atoms with van der Waals surface area (Å²) >= 11 is 0. The fourth-order valence-electron chi connectivity index (χ4n) is 0.415. The molecule has 0 aromatic heterocycles. The maximum Gasteiger partial charge on any atom is 1.00 e. The van der Waals surface area contributed by atoms with E-state index in [2.05, 4.69) is 4.74 Å². The molecule has 0 spiro atoms. The molecule has 0 saturated carbocycles. The van der Waals surface area contributed by atoms with Gasteiger partial charge in [0.25, 0.3) is 0 Å². The maximum atomic E-state index is 10.4. The summed E-state index contributed by atoms with van der Waals surface area (Å²) in [5.41, 5.74) is 0. The average Bonchev–Trinajstić information content (AvgIpc) is 1.63. The minimum atomic E-state index is -0.440. The van der Waals surface area contributed by atoms with Crippen LogP contribution in [-0.4, -0.2) is 18.4 Å². The molecule has 0 unspecified atom stereocenters. The van der Waals surface area contributed by atoms with Crippen LogP contribution in [0.1, 0.15) is 21.7 Å². The van der Waals surface area contributed by atoms with E-state index in [1.165, 1.54) is 6.92 Å². The van der Waals surface area contributed by atoms with E-state index in [0.717, 1.165) is 0 Å². The Hall–Kier alpha value is 0.776. The van der Waals surface area contributed by atoms with E-state index in [4.69, 9.17) is 0 Å². The Kier molecular flexibility index (Phi) is 10.5. The molecule has 0 amide bonds. The second-order valence-corrected chi connectivity index (χ2v) is 1.68. The standard InChI is InChI=1S/C6H10O3.K.H/c1-3-9-6(8)4-5(2)7;;/h3-4H2,1-2H3;;/q;+1;-1. The van der Waals surface area contributed by atoms with E-state index < -0.39 is 5.97 Å². The number of ketones is 1. The van der Waals surface area contributed by atoms with Crippen LogP contribution in [0.2, 0.25) is 0 Å². The quantitative estimate of drug-likeness (QED) is 0.270. The molecular formula is C6H11KO3. The van der Waals surface area contributed by atoms with Crippen molar-refractivity contribution in [2.24, 2.45) is 0 Å². The summed E-state index contributed by atoms with van der Waals surface area (Å²) < 4.78 is 4.49. The predicted molar refractivity (Wildman–Crippen MR) is 33.0 cm³/mol. The molecule has 0 N–H and O–H groups in total. The number of esters is 1. The van der Waals surface area contributed by atoms with Crippen LogP contribution in [0.4, 0.5) is 0 Å². The third kappa shape index (κ3) is 8.78. The van der Waals surface area contributed by atoms with Crippen LogP contribution in [0.3, 0.4) is 0 Å². The van der Waals surface area contributed by atoms with Crippen molar-refractivity contribution in [1.82, 2.24) is 0 Å². The first kappa shape index (κ1) is 13.4. The number of carbonyl (C=O) groups is 2. The Balaban J connectivity index is -0.000000320. The molecule has 0 aliphatic heterocycles. The van der Waals surface area contributed by atoms with Gasteiger partial charge in [-0.1, -0.05) is 0 Å². The fraction of sp³-hybridized carbons (Fsp3) is 0.667. The monoisotopic (exact) mass is 170 g/mol. The van der Waals surface area contributed by atoms with Crippen molar-refractivity contribution < 1.29 is 67.1 Å². The van der Waals surface area contributed by atoms with Gasteiger partial charge in [0.15, 0.2) is 0 Å². The zero-order chi connectivity index (χ0) is 7.28. The normalized spacial score (nSPS) is 7.80. The van der Waals surface area contributed by atoms with Crippen LogP contribution in [0.25, 0.3) is 0 Å². The number of hydrogen-bond acceptors (Lipinski definition) is 3. The second-order valence-electron chi connectivity index (χ2n) is 1.68. The molecule has 0 atom stereocenters. The van der Waals surface area contributed by atoms with Crippen molar-refractivity contribution in [2.75, 3.05) is 6.61 Å². The Morgan fingerprint density at radius 1 is 1.50 bits per heavy atom. The minimum Gasteiger partial charge on any atom is -1.00 e. The molecule has 0 heterocycles. The van der Waals surface area contributed by atoms with Gasteiger partial charge in [0, 0.05) is 0 Å². The van der Waals surface area contributed by atoms with E-state index in [1.54, 1.807) is 6.92 Å². The molecule has 0 rings (SSSR count). The second kappa shape index (κ2) is 7.88. The van der Waals surface area contributed by atoms with E-state index >= 15 is 0 Å². The molecule has 0 radical (unpaired) electrons. The summed E-state index contributed by atoms with van der Waals surface area (Å²) in [4.78, 5) is 20.6. The minimum absolute atomic E-state index is 0. The van der Waals surface area contributed by atoms with E-state index in [0.29, 0.717) is 6.61 Å². The molecule has 3 nitrogen and oxygen atoms in total. The van der Waals surface area contributed by atoms with Gasteiger partial charge in [-0.2, -0.15) is 0 Å². The molecule has 0 aliphatic carbocycles. The molecule has 0 saturated heterocycles. The average molecular weight is 170 g/mol. The van der Waals surface area contributed by atoms with Gasteiger partial charge in [-0.25, -0.2) is 0 Å². The van der Waals surface area contributed by atoms with Crippen molar-refractivity contribution in [3.8, 4) is 0 Å². The van der Waals surface area contributed by atoms with Crippen molar-refractivity contribution in [3.63, 3.8) is 0 Å². The van der Waals surface area contributed by atoms with E-state index in [-0.39, 0.29) is 65.0 Å².